The fourth-order valence-corrected chi connectivity index (χ4v) is 3.62. The topological polar surface area (TPSA) is 53.5 Å². The summed E-state index contributed by atoms with van der Waals surface area (Å²) in [6.45, 7) is 5.45. The zero-order chi connectivity index (χ0) is 16.2. The van der Waals surface area contributed by atoms with Crippen molar-refractivity contribution >= 4 is 33.2 Å². The first-order valence-electron chi connectivity index (χ1n) is 6.60. The summed E-state index contributed by atoms with van der Waals surface area (Å²) in [7, 11) is 0.177. The van der Waals surface area contributed by atoms with Crippen LogP contribution in [-0.2, 0) is 10.0 Å². The van der Waals surface area contributed by atoms with E-state index >= 15 is 0 Å². The van der Waals surface area contributed by atoms with Crippen molar-refractivity contribution in [1.29, 1.82) is 0 Å². The minimum Gasteiger partial charge on any atom is -0.308 e. The van der Waals surface area contributed by atoms with Crippen LogP contribution >= 0.6 is 23.2 Å². The van der Waals surface area contributed by atoms with Crippen LogP contribution in [0.3, 0.4) is 0 Å². The van der Waals surface area contributed by atoms with Gasteiger partial charge in [-0.3, -0.25) is 0 Å². The lowest BCUT2D eigenvalue weighted by atomic mass is 10.2. The number of halogens is 2. The van der Waals surface area contributed by atoms with E-state index < -0.39 is 10.0 Å². The van der Waals surface area contributed by atoms with Crippen molar-refractivity contribution in [2.45, 2.75) is 18.7 Å². The van der Waals surface area contributed by atoms with E-state index in [1.54, 1.807) is 0 Å². The monoisotopic (exact) mass is 353 g/mol. The molecule has 0 radical (unpaired) electrons. The first-order chi connectivity index (χ1) is 9.64. The lowest BCUT2D eigenvalue weighted by Gasteiger charge is -2.25. The molecule has 0 saturated carbocycles. The number of nitrogens with zero attached hydrogens (tertiary/aromatic N) is 3. The van der Waals surface area contributed by atoms with Crippen molar-refractivity contribution in [3.8, 4) is 0 Å². The standard InChI is InChI=1S/C13H21Cl2N3O2S/c1-10(2)9-18(6-5-17(3)4)21(19,20)11-7-12(14)13(15)16-8-11/h7-8,10H,5-6,9H2,1-4H3. The van der Waals surface area contributed by atoms with E-state index in [0.29, 0.717) is 19.6 Å². The first kappa shape index (κ1) is 18.6. The number of hydrogen-bond acceptors (Lipinski definition) is 4. The van der Waals surface area contributed by atoms with Gasteiger partial charge in [-0.1, -0.05) is 37.0 Å². The lowest BCUT2D eigenvalue weighted by Crippen LogP contribution is -2.39. The molecule has 0 aliphatic carbocycles. The summed E-state index contributed by atoms with van der Waals surface area (Å²) >= 11 is 11.6. The van der Waals surface area contributed by atoms with Gasteiger partial charge in [0.1, 0.15) is 10.0 Å². The largest absolute Gasteiger partial charge is 0.308 e. The van der Waals surface area contributed by atoms with E-state index in [-0.39, 0.29) is 21.0 Å². The van der Waals surface area contributed by atoms with Gasteiger partial charge in [0.15, 0.2) is 0 Å². The van der Waals surface area contributed by atoms with Gasteiger partial charge >= 0.3 is 0 Å². The maximum absolute atomic E-state index is 12.7. The molecule has 0 saturated heterocycles. The van der Waals surface area contributed by atoms with Crippen LogP contribution in [0.4, 0.5) is 0 Å². The second-order valence-electron chi connectivity index (χ2n) is 5.50. The Morgan fingerprint density at radius 2 is 1.86 bits per heavy atom. The Morgan fingerprint density at radius 1 is 1.24 bits per heavy atom. The number of hydrogen-bond donors (Lipinski definition) is 0. The second-order valence-corrected chi connectivity index (χ2v) is 8.21. The highest BCUT2D eigenvalue weighted by atomic mass is 35.5. The number of aromatic nitrogens is 1. The Morgan fingerprint density at radius 3 is 2.33 bits per heavy atom. The third kappa shape index (κ3) is 5.38. The molecule has 0 unspecified atom stereocenters. The van der Waals surface area contributed by atoms with Gasteiger partial charge in [0, 0.05) is 25.8 Å². The summed E-state index contributed by atoms with van der Waals surface area (Å²) in [6, 6.07) is 1.34. The van der Waals surface area contributed by atoms with E-state index in [1.165, 1.54) is 16.6 Å². The Hall–Kier alpha value is -0.400. The molecule has 8 heteroatoms. The van der Waals surface area contributed by atoms with E-state index in [9.17, 15) is 8.42 Å². The molecular weight excluding hydrogens is 333 g/mol. The minimum atomic E-state index is -3.63. The minimum absolute atomic E-state index is 0.0660. The number of pyridine rings is 1. The maximum atomic E-state index is 12.7. The number of likely N-dealkylation sites (N-methyl/N-ethyl adjacent to an activating group) is 1. The van der Waals surface area contributed by atoms with Crippen molar-refractivity contribution in [1.82, 2.24) is 14.2 Å². The summed E-state index contributed by atoms with van der Waals surface area (Å²) in [4.78, 5) is 5.83. The van der Waals surface area contributed by atoms with Crippen molar-refractivity contribution in [2.24, 2.45) is 5.92 Å². The Balaban J connectivity index is 3.09. The van der Waals surface area contributed by atoms with Crippen molar-refractivity contribution < 1.29 is 8.42 Å². The molecule has 0 fully saturated rings. The van der Waals surface area contributed by atoms with Crippen LogP contribution in [0.25, 0.3) is 0 Å². The van der Waals surface area contributed by atoms with Crippen LogP contribution in [0.15, 0.2) is 17.2 Å². The van der Waals surface area contributed by atoms with Crippen LogP contribution in [0, 0.1) is 5.92 Å². The average Bonchev–Trinajstić information content (AvgIpc) is 2.36. The molecule has 1 aromatic rings. The second kappa shape index (κ2) is 7.74. The average molecular weight is 354 g/mol. The van der Waals surface area contributed by atoms with E-state index in [4.69, 9.17) is 23.2 Å². The van der Waals surface area contributed by atoms with Crippen LogP contribution in [-0.4, -0.2) is 56.3 Å². The van der Waals surface area contributed by atoms with Gasteiger partial charge in [0.25, 0.3) is 0 Å². The molecule has 1 heterocycles. The van der Waals surface area contributed by atoms with Gasteiger partial charge in [0.05, 0.1) is 5.02 Å². The molecule has 0 bridgehead atoms. The third-order valence-corrected chi connectivity index (χ3v) is 5.29. The smallest absolute Gasteiger partial charge is 0.244 e. The van der Waals surface area contributed by atoms with Gasteiger partial charge in [-0.15, -0.1) is 0 Å². The predicted molar refractivity (Wildman–Crippen MR) is 86.4 cm³/mol. The van der Waals surface area contributed by atoms with E-state index in [1.807, 2.05) is 32.8 Å². The Kier molecular flexibility index (Phi) is 6.87. The van der Waals surface area contributed by atoms with Crippen molar-refractivity contribution in [3.05, 3.63) is 22.4 Å². The fraction of sp³-hybridized carbons (Fsp3) is 0.615. The lowest BCUT2D eigenvalue weighted by molar-refractivity contribution is 0.312. The highest BCUT2D eigenvalue weighted by Gasteiger charge is 2.26. The Bertz CT molecular complexity index is 577. The van der Waals surface area contributed by atoms with Crippen LogP contribution in [0.5, 0.6) is 0 Å². The molecule has 0 amide bonds. The van der Waals surface area contributed by atoms with Crippen molar-refractivity contribution in [3.63, 3.8) is 0 Å². The SMILES string of the molecule is CC(C)CN(CCN(C)C)S(=O)(=O)c1cnc(Cl)c(Cl)c1. The van der Waals surface area contributed by atoms with E-state index in [0.717, 1.165) is 0 Å². The van der Waals surface area contributed by atoms with Crippen LogP contribution < -0.4 is 0 Å². The summed E-state index contributed by atoms with van der Waals surface area (Å²) in [5, 5.41) is 0.231. The molecule has 0 spiro atoms. The molecule has 1 aromatic heterocycles. The summed E-state index contributed by atoms with van der Waals surface area (Å²) < 4.78 is 26.9. The van der Waals surface area contributed by atoms with Crippen LogP contribution in [0.2, 0.25) is 10.2 Å². The number of rotatable bonds is 7. The molecule has 0 N–H and O–H groups in total. The van der Waals surface area contributed by atoms with Crippen molar-refractivity contribution in [2.75, 3.05) is 33.7 Å². The molecule has 5 nitrogen and oxygen atoms in total. The molecule has 0 aliphatic rings. The first-order valence-corrected chi connectivity index (χ1v) is 8.80. The zero-order valence-electron chi connectivity index (χ0n) is 12.7. The van der Waals surface area contributed by atoms with Gasteiger partial charge in [-0.25, -0.2) is 13.4 Å². The zero-order valence-corrected chi connectivity index (χ0v) is 15.0. The van der Waals surface area contributed by atoms with E-state index in [2.05, 4.69) is 4.98 Å². The molecule has 0 aromatic carbocycles. The highest BCUT2D eigenvalue weighted by molar-refractivity contribution is 7.89. The Labute approximate surface area is 136 Å². The molecule has 0 aliphatic heterocycles. The van der Waals surface area contributed by atoms with Gasteiger partial charge in [0.2, 0.25) is 10.0 Å². The third-order valence-electron chi connectivity index (χ3n) is 2.77. The van der Waals surface area contributed by atoms with Gasteiger partial charge in [-0.2, -0.15) is 4.31 Å². The summed E-state index contributed by atoms with van der Waals surface area (Å²) in [5.74, 6) is 0.220. The van der Waals surface area contributed by atoms with Gasteiger partial charge in [-0.05, 0) is 26.1 Å². The molecule has 21 heavy (non-hydrogen) atoms. The molecule has 0 atom stereocenters. The fourth-order valence-electron chi connectivity index (χ4n) is 1.72. The normalized spacial score (nSPS) is 12.6. The predicted octanol–water partition coefficient (Wildman–Crippen LogP) is 2.60. The molecular formula is C13H21Cl2N3O2S. The highest BCUT2D eigenvalue weighted by Crippen LogP contribution is 2.24. The molecule has 1 rings (SSSR count). The quantitative estimate of drug-likeness (QED) is 0.707. The maximum Gasteiger partial charge on any atom is 0.244 e. The molecule has 120 valence electrons. The summed E-state index contributed by atoms with van der Waals surface area (Å²) in [6.07, 6.45) is 1.24. The number of sulfonamides is 1. The van der Waals surface area contributed by atoms with Gasteiger partial charge < -0.3 is 4.90 Å². The summed E-state index contributed by atoms with van der Waals surface area (Å²) in [5.41, 5.74) is 0. The van der Waals surface area contributed by atoms with Crippen LogP contribution in [0.1, 0.15) is 13.8 Å².